The lowest BCUT2D eigenvalue weighted by Gasteiger charge is -2.05. The molecule has 0 aromatic carbocycles. The van der Waals surface area contributed by atoms with Crippen LogP contribution in [0.15, 0.2) is 26.5 Å². The monoisotopic (exact) mass is 297 g/mol. The van der Waals surface area contributed by atoms with Crippen molar-refractivity contribution < 1.29 is 0 Å². The first-order valence-electron chi connectivity index (χ1n) is 5.38. The molecule has 0 aliphatic rings. The van der Waals surface area contributed by atoms with E-state index < -0.39 is 0 Å². The number of nitrogens with zero attached hydrogens (tertiary/aromatic N) is 4. The summed E-state index contributed by atoms with van der Waals surface area (Å²) in [6.45, 7) is 2.01. The van der Waals surface area contributed by atoms with E-state index in [2.05, 4.69) is 19.6 Å². The predicted molar refractivity (Wildman–Crippen MR) is 74.5 cm³/mol. The summed E-state index contributed by atoms with van der Waals surface area (Å²) in [7, 11) is 0. The Labute approximate surface area is 116 Å². The Morgan fingerprint density at radius 1 is 1.50 bits per heavy atom. The summed E-state index contributed by atoms with van der Waals surface area (Å²) in [4.78, 5) is 5.63. The highest BCUT2D eigenvalue weighted by Crippen LogP contribution is 2.32. The summed E-state index contributed by atoms with van der Waals surface area (Å²) in [6, 6.07) is 0.110. The van der Waals surface area contributed by atoms with Gasteiger partial charge < -0.3 is 5.73 Å². The van der Waals surface area contributed by atoms with Crippen LogP contribution in [0.2, 0.25) is 0 Å². The first-order chi connectivity index (χ1) is 8.74. The van der Waals surface area contributed by atoms with Crippen molar-refractivity contribution >= 4 is 39.4 Å². The second kappa shape index (κ2) is 4.96. The Morgan fingerprint density at radius 3 is 3.11 bits per heavy atom. The fraction of sp³-hybridized carbons (Fsp3) is 0.300. The van der Waals surface area contributed by atoms with E-state index in [-0.39, 0.29) is 6.04 Å². The van der Waals surface area contributed by atoms with Gasteiger partial charge in [-0.05, 0) is 18.7 Å². The van der Waals surface area contributed by atoms with E-state index in [1.165, 1.54) is 11.3 Å². The van der Waals surface area contributed by atoms with Gasteiger partial charge in [0.05, 0.1) is 5.69 Å². The zero-order valence-electron chi connectivity index (χ0n) is 9.61. The Hall–Kier alpha value is -0.960. The van der Waals surface area contributed by atoms with E-state index in [4.69, 9.17) is 5.73 Å². The molecule has 0 aliphatic carbocycles. The summed E-state index contributed by atoms with van der Waals surface area (Å²) in [5.41, 5.74) is 8.80. The first kappa shape index (κ1) is 12.1. The third-order valence-corrected chi connectivity index (χ3v) is 4.92. The lowest BCUT2D eigenvalue weighted by molar-refractivity contribution is 0.706. The molecule has 3 heterocycles. The largest absolute Gasteiger partial charge is 0.328 e. The minimum Gasteiger partial charge on any atom is -0.328 e. The van der Waals surface area contributed by atoms with Gasteiger partial charge in [0.15, 0.2) is 9.30 Å². The normalized spacial score (nSPS) is 13.2. The maximum Gasteiger partial charge on any atom is 0.194 e. The summed E-state index contributed by atoms with van der Waals surface area (Å²) in [5, 5.41) is 10.9. The molecule has 3 rings (SSSR count). The number of hydrogen-bond donors (Lipinski definition) is 1. The number of aromatic nitrogens is 4. The molecule has 5 nitrogen and oxygen atoms in total. The Morgan fingerprint density at radius 2 is 2.39 bits per heavy atom. The van der Waals surface area contributed by atoms with Crippen LogP contribution in [-0.2, 0) is 6.42 Å². The highest BCUT2D eigenvalue weighted by molar-refractivity contribution is 8.01. The molecule has 94 valence electrons. The van der Waals surface area contributed by atoms with Gasteiger partial charge in [-0.25, -0.2) is 4.98 Å². The molecule has 0 radical (unpaired) electrons. The third-order valence-electron chi connectivity index (χ3n) is 2.36. The van der Waals surface area contributed by atoms with E-state index in [0.29, 0.717) is 0 Å². The molecule has 3 aromatic heterocycles. The quantitative estimate of drug-likeness (QED) is 0.800. The minimum atomic E-state index is 0.110. The van der Waals surface area contributed by atoms with Crippen LogP contribution in [0.4, 0.5) is 0 Å². The number of hydrogen-bond acceptors (Lipinski definition) is 7. The fourth-order valence-electron chi connectivity index (χ4n) is 1.68. The molecule has 0 aliphatic heterocycles. The van der Waals surface area contributed by atoms with Crippen molar-refractivity contribution in [1.29, 1.82) is 0 Å². The van der Waals surface area contributed by atoms with E-state index in [1.54, 1.807) is 28.6 Å². The summed E-state index contributed by atoms with van der Waals surface area (Å²) in [6.07, 6.45) is 2.84. The number of fused-ring (bicyclic) bond motifs is 1. The van der Waals surface area contributed by atoms with Crippen LogP contribution in [-0.4, -0.2) is 25.6 Å². The molecule has 0 fully saturated rings. The van der Waals surface area contributed by atoms with Gasteiger partial charge >= 0.3 is 0 Å². The predicted octanol–water partition coefficient (Wildman–Crippen LogP) is 2.29. The number of nitrogens with two attached hydrogens (primary N) is 1. The standard InChI is InChI=1S/C10H11N5S3/c1-6(11)4-7-8(18-10-14-12-5-17-10)13-9-15(7)2-3-16-9/h2-3,5-6H,4,11H2,1H3. The van der Waals surface area contributed by atoms with Crippen LogP contribution in [0.25, 0.3) is 4.96 Å². The topological polar surface area (TPSA) is 69.1 Å². The Bertz CT molecular complexity index is 640. The average Bonchev–Trinajstić information content (AvgIpc) is 2.99. The fourth-order valence-corrected chi connectivity index (χ4v) is 3.99. The molecule has 8 heteroatoms. The molecular formula is C10H11N5S3. The van der Waals surface area contributed by atoms with E-state index in [1.807, 2.05) is 18.5 Å². The summed E-state index contributed by atoms with van der Waals surface area (Å²) in [5.74, 6) is 0. The summed E-state index contributed by atoms with van der Waals surface area (Å²) < 4.78 is 3.02. The van der Waals surface area contributed by atoms with Crippen LogP contribution in [0.1, 0.15) is 12.6 Å². The lowest BCUT2D eigenvalue weighted by Crippen LogP contribution is -2.19. The first-order valence-corrected chi connectivity index (χ1v) is 7.95. The number of rotatable bonds is 4. The molecular weight excluding hydrogens is 286 g/mol. The molecule has 0 spiro atoms. The van der Waals surface area contributed by atoms with Crippen LogP contribution in [0.3, 0.4) is 0 Å². The molecule has 0 bridgehead atoms. The molecule has 1 atom stereocenters. The zero-order valence-corrected chi connectivity index (χ0v) is 12.1. The van der Waals surface area contributed by atoms with Crippen molar-refractivity contribution in [2.75, 3.05) is 0 Å². The third kappa shape index (κ3) is 2.28. The highest BCUT2D eigenvalue weighted by Gasteiger charge is 2.16. The van der Waals surface area contributed by atoms with Gasteiger partial charge in [0.1, 0.15) is 10.5 Å². The van der Waals surface area contributed by atoms with Crippen molar-refractivity contribution in [2.24, 2.45) is 5.73 Å². The molecule has 0 saturated heterocycles. The second-order valence-corrected chi connectivity index (χ2v) is 6.85. The number of imidazole rings is 1. The van der Waals surface area contributed by atoms with Gasteiger partial charge in [-0.1, -0.05) is 11.3 Å². The maximum absolute atomic E-state index is 5.91. The van der Waals surface area contributed by atoms with E-state index >= 15 is 0 Å². The zero-order chi connectivity index (χ0) is 12.5. The minimum absolute atomic E-state index is 0.110. The Kier molecular flexibility index (Phi) is 3.33. The van der Waals surface area contributed by atoms with Gasteiger partial charge in [-0.15, -0.1) is 21.5 Å². The van der Waals surface area contributed by atoms with Gasteiger partial charge in [-0.2, -0.15) is 0 Å². The van der Waals surface area contributed by atoms with Crippen molar-refractivity contribution in [3.05, 3.63) is 22.8 Å². The van der Waals surface area contributed by atoms with Crippen molar-refractivity contribution in [1.82, 2.24) is 19.6 Å². The van der Waals surface area contributed by atoms with E-state index in [0.717, 1.165) is 26.4 Å². The smallest absolute Gasteiger partial charge is 0.194 e. The molecule has 0 amide bonds. The number of thiazole rings is 1. The van der Waals surface area contributed by atoms with Gasteiger partial charge in [0.25, 0.3) is 0 Å². The lowest BCUT2D eigenvalue weighted by atomic mass is 10.2. The molecule has 3 aromatic rings. The van der Waals surface area contributed by atoms with E-state index in [9.17, 15) is 0 Å². The van der Waals surface area contributed by atoms with Gasteiger partial charge in [-0.3, -0.25) is 4.40 Å². The van der Waals surface area contributed by atoms with Gasteiger partial charge in [0, 0.05) is 24.0 Å². The van der Waals surface area contributed by atoms with Crippen molar-refractivity contribution in [3.63, 3.8) is 0 Å². The maximum atomic E-state index is 5.91. The average molecular weight is 297 g/mol. The Balaban J connectivity index is 2.01. The molecule has 2 N–H and O–H groups in total. The highest BCUT2D eigenvalue weighted by atomic mass is 32.2. The second-order valence-electron chi connectivity index (χ2n) is 3.91. The van der Waals surface area contributed by atoms with Crippen LogP contribution in [0, 0.1) is 0 Å². The molecule has 0 saturated carbocycles. The van der Waals surface area contributed by atoms with Crippen molar-refractivity contribution in [2.45, 2.75) is 28.8 Å². The van der Waals surface area contributed by atoms with Gasteiger partial charge in [0.2, 0.25) is 0 Å². The van der Waals surface area contributed by atoms with Crippen LogP contribution >= 0.6 is 34.4 Å². The SMILES string of the molecule is CC(N)Cc1c(Sc2nncs2)nc2sccn12. The molecule has 1 unspecified atom stereocenters. The van der Waals surface area contributed by atoms with Crippen molar-refractivity contribution in [3.8, 4) is 0 Å². The van der Waals surface area contributed by atoms with Crippen LogP contribution < -0.4 is 5.73 Å². The van der Waals surface area contributed by atoms with Crippen LogP contribution in [0.5, 0.6) is 0 Å². The molecule has 18 heavy (non-hydrogen) atoms. The summed E-state index contributed by atoms with van der Waals surface area (Å²) >= 11 is 4.71.